The van der Waals surface area contributed by atoms with Gasteiger partial charge in [0.2, 0.25) is 0 Å². The number of hydrogen-bond donors (Lipinski definition) is 1. The molecule has 1 aliphatic carbocycles. The van der Waals surface area contributed by atoms with E-state index in [1.54, 1.807) is 11.3 Å². The molecule has 0 saturated heterocycles. The molecule has 0 radical (unpaired) electrons. The smallest absolute Gasteiger partial charge is 0.0887 e. The molecule has 2 unspecified atom stereocenters. The van der Waals surface area contributed by atoms with Crippen LogP contribution in [0.3, 0.4) is 0 Å². The predicted octanol–water partition coefficient (Wildman–Crippen LogP) is 4.29. The lowest BCUT2D eigenvalue weighted by Gasteiger charge is -2.27. The Hall–Kier alpha value is -1.12. The molecule has 18 heavy (non-hydrogen) atoms. The Balaban J connectivity index is 1.78. The van der Waals surface area contributed by atoms with E-state index in [9.17, 15) is 5.11 Å². The van der Waals surface area contributed by atoms with Crippen molar-refractivity contribution in [3.8, 4) is 0 Å². The maximum absolute atomic E-state index is 10.3. The summed E-state index contributed by atoms with van der Waals surface area (Å²) in [5.41, 5.74) is 2.94. The third-order valence-electron chi connectivity index (χ3n) is 3.87. The van der Waals surface area contributed by atoms with Gasteiger partial charge in [-0.15, -0.1) is 11.3 Å². The van der Waals surface area contributed by atoms with Gasteiger partial charge < -0.3 is 5.11 Å². The Labute approximate surface area is 112 Å². The summed E-state index contributed by atoms with van der Waals surface area (Å²) in [6.07, 6.45) is 4.21. The lowest BCUT2D eigenvalue weighted by Crippen LogP contribution is -2.12. The normalized spacial score (nSPS) is 20.4. The van der Waals surface area contributed by atoms with Crippen LogP contribution in [-0.4, -0.2) is 5.11 Å². The molecular weight excluding hydrogens is 240 g/mol. The number of thiophene rings is 1. The molecule has 1 aromatic carbocycles. The molecule has 2 atom stereocenters. The lowest BCUT2D eigenvalue weighted by molar-refractivity contribution is 0.157. The first-order valence-corrected chi connectivity index (χ1v) is 7.52. The van der Waals surface area contributed by atoms with Crippen LogP contribution in [0.4, 0.5) is 0 Å². The zero-order valence-electron chi connectivity index (χ0n) is 10.4. The third kappa shape index (κ3) is 2.36. The molecule has 0 saturated carbocycles. The van der Waals surface area contributed by atoms with E-state index in [-0.39, 0.29) is 6.10 Å². The van der Waals surface area contributed by atoms with E-state index in [2.05, 4.69) is 24.3 Å². The summed E-state index contributed by atoms with van der Waals surface area (Å²) in [5, 5.41) is 12.3. The predicted molar refractivity (Wildman–Crippen MR) is 76.0 cm³/mol. The van der Waals surface area contributed by atoms with Crippen molar-refractivity contribution in [2.75, 3.05) is 0 Å². The Morgan fingerprint density at radius 3 is 2.94 bits per heavy atom. The molecular formula is C16H18OS. The summed E-state index contributed by atoms with van der Waals surface area (Å²) in [4.78, 5) is 1.10. The van der Waals surface area contributed by atoms with E-state index in [1.807, 2.05) is 17.5 Å². The summed E-state index contributed by atoms with van der Waals surface area (Å²) in [7, 11) is 0. The fourth-order valence-electron chi connectivity index (χ4n) is 2.97. The maximum Gasteiger partial charge on any atom is 0.0887 e. The van der Waals surface area contributed by atoms with Crippen LogP contribution in [0.15, 0.2) is 41.8 Å². The van der Waals surface area contributed by atoms with Gasteiger partial charge in [-0.3, -0.25) is 0 Å². The van der Waals surface area contributed by atoms with Crippen molar-refractivity contribution in [1.29, 1.82) is 0 Å². The molecule has 2 aromatic rings. The number of hydrogen-bond acceptors (Lipinski definition) is 2. The van der Waals surface area contributed by atoms with Gasteiger partial charge in [0.15, 0.2) is 0 Å². The Bertz CT molecular complexity index is 504. The van der Waals surface area contributed by atoms with Gasteiger partial charge in [-0.2, -0.15) is 0 Å². The van der Waals surface area contributed by atoms with E-state index in [4.69, 9.17) is 0 Å². The highest BCUT2D eigenvalue weighted by atomic mass is 32.1. The van der Waals surface area contributed by atoms with E-state index in [1.165, 1.54) is 30.4 Å². The number of aliphatic hydroxyl groups is 1. The van der Waals surface area contributed by atoms with Gasteiger partial charge in [-0.05, 0) is 54.2 Å². The van der Waals surface area contributed by atoms with Gasteiger partial charge in [-0.25, -0.2) is 0 Å². The molecule has 0 aliphatic heterocycles. The van der Waals surface area contributed by atoms with E-state index in [0.717, 1.165) is 11.3 Å². The third-order valence-corrected chi connectivity index (χ3v) is 4.85. The van der Waals surface area contributed by atoms with Crippen LogP contribution in [0.25, 0.3) is 0 Å². The highest BCUT2D eigenvalue weighted by Gasteiger charge is 2.23. The highest BCUT2D eigenvalue weighted by Crippen LogP contribution is 2.38. The minimum absolute atomic E-state index is 0.304. The van der Waals surface area contributed by atoms with Crippen LogP contribution < -0.4 is 0 Å². The SMILES string of the molecule is OC(CC1CCCc2ccccc21)c1cccs1. The van der Waals surface area contributed by atoms with Gasteiger partial charge >= 0.3 is 0 Å². The molecule has 0 bridgehead atoms. The van der Waals surface area contributed by atoms with Crippen LogP contribution in [0.2, 0.25) is 0 Å². The van der Waals surface area contributed by atoms with Gasteiger partial charge in [-0.1, -0.05) is 30.3 Å². The standard InChI is InChI=1S/C16H18OS/c17-15(16-9-4-10-18-16)11-13-7-3-6-12-5-1-2-8-14(12)13/h1-2,4-5,8-10,13,15,17H,3,6-7,11H2. The second kappa shape index (κ2) is 5.25. The molecule has 3 rings (SSSR count). The Morgan fingerprint density at radius 2 is 2.11 bits per heavy atom. The van der Waals surface area contributed by atoms with E-state index < -0.39 is 0 Å². The van der Waals surface area contributed by atoms with Crippen LogP contribution in [0.1, 0.15) is 47.3 Å². The molecule has 0 fully saturated rings. The number of rotatable bonds is 3. The van der Waals surface area contributed by atoms with Crippen molar-refractivity contribution >= 4 is 11.3 Å². The molecule has 1 aliphatic rings. The van der Waals surface area contributed by atoms with Crippen LogP contribution >= 0.6 is 11.3 Å². The van der Waals surface area contributed by atoms with Crippen molar-refractivity contribution in [2.24, 2.45) is 0 Å². The fraction of sp³-hybridized carbons (Fsp3) is 0.375. The summed E-state index contributed by atoms with van der Waals surface area (Å²) in [6.45, 7) is 0. The average molecular weight is 258 g/mol. The van der Waals surface area contributed by atoms with Crippen molar-refractivity contribution in [3.63, 3.8) is 0 Å². The molecule has 2 heteroatoms. The first-order chi connectivity index (χ1) is 8.84. The minimum Gasteiger partial charge on any atom is -0.388 e. The van der Waals surface area contributed by atoms with Crippen molar-refractivity contribution in [2.45, 2.75) is 37.7 Å². The van der Waals surface area contributed by atoms with Crippen LogP contribution in [-0.2, 0) is 6.42 Å². The largest absolute Gasteiger partial charge is 0.388 e. The number of aryl methyl sites for hydroxylation is 1. The Morgan fingerprint density at radius 1 is 1.22 bits per heavy atom. The van der Waals surface area contributed by atoms with Crippen LogP contribution in [0, 0.1) is 0 Å². The topological polar surface area (TPSA) is 20.2 Å². The molecule has 1 heterocycles. The molecule has 1 aromatic heterocycles. The summed E-state index contributed by atoms with van der Waals surface area (Å²) in [6, 6.07) is 12.8. The second-order valence-corrected chi connectivity index (χ2v) is 6.03. The van der Waals surface area contributed by atoms with Crippen molar-refractivity contribution < 1.29 is 5.11 Å². The molecule has 94 valence electrons. The molecule has 0 amide bonds. The summed E-state index contributed by atoms with van der Waals surface area (Å²) in [5.74, 6) is 0.520. The number of aliphatic hydroxyl groups excluding tert-OH is 1. The zero-order valence-corrected chi connectivity index (χ0v) is 11.2. The Kier molecular flexibility index (Phi) is 3.48. The zero-order chi connectivity index (χ0) is 12.4. The van der Waals surface area contributed by atoms with E-state index >= 15 is 0 Å². The monoisotopic (exact) mass is 258 g/mol. The van der Waals surface area contributed by atoms with Gasteiger partial charge in [0, 0.05) is 4.88 Å². The van der Waals surface area contributed by atoms with Gasteiger partial charge in [0.25, 0.3) is 0 Å². The van der Waals surface area contributed by atoms with E-state index in [0.29, 0.717) is 5.92 Å². The second-order valence-electron chi connectivity index (χ2n) is 5.05. The van der Waals surface area contributed by atoms with Gasteiger partial charge in [0.05, 0.1) is 6.10 Å². The quantitative estimate of drug-likeness (QED) is 0.870. The molecule has 1 N–H and O–H groups in total. The maximum atomic E-state index is 10.3. The average Bonchev–Trinajstić information content (AvgIpc) is 2.93. The summed E-state index contributed by atoms with van der Waals surface area (Å²) < 4.78 is 0. The number of fused-ring (bicyclic) bond motifs is 1. The number of benzene rings is 1. The van der Waals surface area contributed by atoms with Crippen LogP contribution in [0.5, 0.6) is 0 Å². The molecule has 1 nitrogen and oxygen atoms in total. The lowest BCUT2D eigenvalue weighted by atomic mass is 9.80. The first-order valence-electron chi connectivity index (χ1n) is 6.64. The fourth-order valence-corrected chi connectivity index (χ4v) is 3.69. The minimum atomic E-state index is -0.304. The molecule has 0 spiro atoms. The first kappa shape index (κ1) is 11.9. The van der Waals surface area contributed by atoms with Gasteiger partial charge in [0.1, 0.15) is 0 Å². The van der Waals surface area contributed by atoms with Crippen molar-refractivity contribution in [3.05, 3.63) is 57.8 Å². The van der Waals surface area contributed by atoms with Crippen molar-refractivity contribution in [1.82, 2.24) is 0 Å². The summed E-state index contributed by atoms with van der Waals surface area (Å²) >= 11 is 1.65. The highest BCUT2D eigenvalue weighted by molar-refractivity contribution is 7.10.